The summed E-state index contributed by atoms with van der Waals surface area (Å²) in [5.74, 6) is 1.01. The van der Waals surface area contributed by atoms with Crippen LogP contribution in [0.5, 0.6) is 0 Å². The average Bonchev–Trinajstić information content (AvgIpc) is 2.73. The molecule has 2 aromatic rings. The normalized spacial score (nSPS) is 10.7. The number of halogens is 1. The van der Waals surface area contributed by atoms with Crippen LogP contribution < -0.4 is 5.32 Å². The van der Waals surface area contributed by atoms with Crippen molar-refractivity contribution in [1.82, 2.24) is 5.32 Å². The summed E-state index contributed by atoms with van der Waals surface area (Å²) in [7, 11) is 0. The van der Waals surface area contributed by atoms with Gasteiger partial charge in [-0.3, -0.25) is 0 Å². The first-order valence-electron chi connectivity index (χ1n) is 5.74. The monoisotopic (exact) mass is 249 g/mol. The van der Waals surface area contributed by atoms with E-state index in [0.29, 0.717) is 0 Å². The number of hydrogen-bond donors (Lipinski definition) is 1. The maximum absolute atomic E-state index is 5.83. The fourth-order valence-electron chi connectivity index (χ4n) is 1.67. The van der Waals surface area contributed by atoms with Crippen LogP contribution >= 0.6 is 11.6 Å². The van der Waals surface area contributed by atoms with Crippen molar-refractivity contribution in [3.63, 3.8) is 0 Å². The Bertz CT molecular complexity index is 461. The molecule has 0 aliphatic carbocycles. The Morgan fingerprint density at radius 1 is 1.18 bits per heavy atom. The van der Waals surface area contributed by atoms with Crippen molar-refractivity contribution < 1.29 is 4.42 Å². The van der Waals surface area contributed by atoms with Crippen LogP contribution in [0.1, 0.15) is 16.9 Å². The first-order chi connectivity index (χ1) is 8.25. The van der Waals surface area contributed by atoms with E-state index < -0.39 is 0 Å². The second-order valence-corrected chi connectivity index (χ2v) is 4.52. The zero-order valence-electron chi connectivity index (χ0n) is 9.87. The highest BCUT2D eigenvalue weighted by Gasteiger charge is 2.00. The highest BCUT2D eigenvalue weighted by Crippen LogP contribution is 2.10. The van der Waals surface area contributed by atoms with Crippen molar-refractivity contribution in [1.29, 1.82) is 0 Å². The maximum atomic E-state index is 5.83. The number of aryl methyl sites for hydroxylation is 1. The minimum atomic E-state index is 0.784. The molecule has 0 radical (unpaired) electrons. The minimum absolute atomic E-state index is 0.784. The molecule has 1 aromatic carbocycles. The van der Waals surface area contributed by atoms with E-state index in [1.165, 1.54) is 11.1 Å². The summed E-state index contributed by atoms with van der Waals surface area (Å²) in [4.78, 5) is 0. The zero-order chi connectivity index (χ0) is 12.1. The largest absolute Gasteiger partial charge is 0.468 e. The van der Waals surface area contributed by atoms with Crippen LogP contribution in [0.25, 0.3) is 0 Å². The molecule has 0 amide bonds. The van der Waals surface area contributed by atoms with Gasteiger partial charge in [-0.1, -0.05) is 23.7 Å². The van der Waals surface area contributed by atoms with Gasteiger partial charge in [0.05, 0.1) is 12.8 Å². The lowest BCUT2D eigenvalue weighted by Crippen LogP contribution is -2.16. The summed E-state index contributed by atoms with van der Waals surface area (Å²) in [6.07, 6.45) is 2.72. The Hall–Kier alpha value is -1.25. The molecule has 0 atom stereocenters. The SMILES string of the molecule is Cc1ccoc1CNCCc1ccc(Cl)cc1. The number of benzene rings is 1. The second kappa shape index (κ2) is 5.89. The molecule has 0 spiro atoms. The van der Waals surface area contributed by atoms with Gasteiger partial charge >= 0.3 is 0 Å². The van der Waals surface area contributed by atoms with Crippen molar-refractivity contribution in [3.8, 4) is 0 Å². The summed E-state index contributed by atoms with van der Waals surface area (Å²) in [5.41, 5.74) is 2.49. The molecule has 0 bridgehead atoms. The summed E-state index contributed by atoms with van der Waals surface area (Å²) in [6.45, 7) is 3.77. The smallest absolute Gasteiger partial charge is 0.120 e. The lowest BCUT2D eigenvalue weighted by atomic mass is 10.1. The van der Waals surface area contributed by atoms with Crippen LogP contribution in [-0.4, -0.2) is 6.54 Å². The molecule has 2 rings (SSSR count). The fourth-order valence-corrected chi connectivity index (χ4v) is 1.80. The highest BCUT2D eigenvalue weighted by molar-refractivity contribution is 6.30. The van der Waals surface area contributed by atoms with Crippen LogP contribution in [0.3, 0.4) is 0 Å². The van der Waals surface area contributed by atoms with Gasteiger partial charge in [-0.05, 0) is 49.2 Å². The van der Waals surface area contributed by atoms with Crippen LogP contribution in [0.2, 0.25) is 5.02 Å². The third-order valence-corrected chi connectivity index (χ3v) is 3.01. The Kier molecular flexibility index (Phi) is 4.24. The molecule has 1 aromatic heterocycles. The van der Waals surface area contributed by atoms with Crippen molar-refractivity contribution >= 4 is 11.6 Å². The lowest BCUT2D eigenvalue weighted by Gasteiger charge is -2.04. The minimum Gasteiger partial charge on any atom is -0.468 e. The van der Waals surface area contributed by atoms with E-state index in [0.717, 1.165) is 30.3 Å². The third-order valence-electron chi connectivity index (χ3n) is 2.76. The molecule has 0 fully saturated rings. The Labute approximate surface area is 107 Å². The van der Waals surface area contributed by atoms with Gasteiger partial charge in [0.1, 0.15) is 5.76 Å². The maximum Gasteiger partial charge on any atom is 0.120 e. The third kappa shape index (κ3) is 3.62. The number of nitrogens with one attached hydrogen (secondary N) is 1. The lowest BCUT2D eigenvalue weighted by molar-refractivity contribution is 0.481. The Morgan fingerprint density at radius 3 is 2.59 bits per heavy atom. The highest BCUT2D eigenvalue weighted by atomic mass is 35.5. The standard InChI is InChI=1S/C14H16ClNO/c1-11-7-9-17-14(11)10-16-8-6-12-2-4-13(15)5-3-12/h2-5,7,9,16H,6,8,10H2,1H3. The van der Waals surface area contributed by atoms with E-state index in [1.54, 1.807) is 6.26 Å². The first kappa shape index (κ1) is 12.2. The fraction of sp³-hybridized carbons (Fsp3) is 0.286. The van der Waals surface area contributed by atoms with Gasteiger partial charge in [-0.25, -0.2) is 0 Å². The molecule has 17 heavy (non-hydrogen) atoms. The number of hydrogen-bond acceptors (Lipinski definition) is 2. The van der Waals surface area contributed by atoms with E-state index in [2.05, 4.69) is 24.4 Å². The molecule has 0 aliphatic heterocycles. The van der Waals surface area contributed by atoms with Crippen molar-refractivity contribution in [2.24, 2.45) is 0 Å². The van der Waals surface area contributed by atoms with Gasteiger partial charge in [0.2, 0.25) is 0 Å². The average molecular weight is 250 g/mol. The predicted molar refractivity (Wildman–Crippen MR) is 70.3 cm³/mol. The molecule has 3 heteroatoms. The topological polar surface area (TPSA) is 25.2 Å². The van der Waals surface area contributed by atoms with E-state index in [4.69, 9.17) is 16.0 Å². The molecule has 0 saturated carbocycles. The summed E-state index contributed by atoms with van der Waals surface area (Å²) >= 11 is 5.83. The van der Waals surface area contributed by atoms with Gasteiger partial charge in [0, 0.05) is 5.02 Å². The molecular weight excluding hydrogens is 234 g/mol. The predicted octanol–water partition coefficient (Wildman–Crippen LogP) is 3.57. The molecule has 0 aliphatic rings. The summed E-state index contributed by atoms with van der Waals surface area (Å²) in [5, 5.41) is 4.15. The van der Waals surface area contributed by atoms with Crippen molar-refractivity contribution in [2.45, 2.75) is 19.9 Å². The van der Waals surface area contributed by atoms with Gasteiger partial charge in [0.25, 0.3) is 0 Å². The molecule has 90 valence electrons. The molecule has 1 N–H and O–H groups in total. The van der Waals surface area contributed by atoms with Crippen LogP contribution in [0.15, 0.2) is 41.0 Å². The van der Waals surface area contributed by atoms with Gasteiger partial charge < -0.3 is 9.73 Å². The van der Waals surface area contributed by atoms with Gasteiger partial charge in [0.15, 0.2) is 0 Å². The van der Waals surface area contributed by atoms with Crippen LogP contribution in [-0.2, 0) is 13.0 Å². The molecule has 2 nitrogen and oxygen atoms in total. The van der Waals surface area contributed by atoms with Crippen LogP contribution in [0.4, 0.5) is 0 Å². The molecule has 0 saturated heterocycles. The first-order valence-corrected chi connectivity index (χ1v) is 6.11. The Balaban J connectivity index is 1.73. The molecular formula is C14H16ClNO. The van der Waals surface area contributed by atoms with E-state index in [1.807, 2.05) is 18.2 Å². The van der Waals surface area contributed by atoms with E-state index >= 15 is 0 Å². The molecule has 1 heterocycles. The van der Waals surface area contributed by atoms with Crippen molar-refractivity contribution in [3.05, 3.63) is 58.5 Å². The van der Waals surface area contributed by atoms with E-state index in [-0.39, 0.29) is 0 Å². The number of furan rings is 1. The summed E-state index contributed by atoms with van der Waals surface area (Å²) in [6, 6.07) is 9.95. The van der Waals surface area contributed by atoms with Gasteiger partial charge in [-0.2, -0.15) is 0 Å². The van der Waals surface area contributed by atoms with Crippen molar-refractivity contribution in [2.75, 3.05) is 6.54 Å². The second-order valence-electron chi connectivity index (χ2n) is 4.08. The van der Waals surface area contributed by atoms with Crippen LogP contribution in [0, 0.1) is 6.92 Å². The number of rotatable bonds is 5. The zero-order valence-corrected chi connectivity index (χ0v) is 10.6. The van der Waals surface area contributed by atoms with E-state index in [9.17, 15) is 0 Å². The molecule has 0 unspecified atom stereocenters. The summed E-state index contributed by atoms with van der Waals surface area (Å²) < 4.78 is 5.35. The Morgan fingerprint density at radius 2 is 1.94 bits per heavy atom. The quantitative estimate of drug-likeness (QED) is 0.820. The van der Waals surface area contributed by atoms with Gasteiger partial charge in [-0.15, -0.1) is 0 Å².